The maximum atomic E-state index is 5.73. The van der Waals surface area contributed by atoms with Gasteiger partial charge in [-0.05, 0) is 0 Å². The number of oxazole rings is 1. The molecule has 0 bridgehead atoms. The van der Waals surface area contributed by atoms with E-state index in [2.05, 4.69) is 4.98 Å². The molecule has 0 amide bonds. The van der Waals surface area contributed by atoms with Crippen molar-refractivity contribution in [2.45, 2.75) is 3.79 Å². The van der Waals surface area contributed by atoms with Crippen LogP contribution in [0.2, 0.25) is 0 Å². The van der Waals surface area contributed by atoms with Gasteiger partial charge in [0.15, 0.2) is 12.2 Å². The van der Waals surface area contributed by atoms with Crippen molar-refractivity contribution < 1.29 is 4.42 Å². The van der Waals surface area contributed by atoms with E-state index < -0.39 is 3.79 Å². The van der Waals surface area contributed by atoms with Crippen LogP contribution in [0.25, 0.3) is 11.3 Å². The van der Waals surface area contributed by atoms with Gasteiger partial charge in [0.2, 0.25) is 3.79 Å². The van der Waals surface area contributed by atoms with Gasteiger partial charge in [-0.3, -0.25) is 0 Å². The zero-order chi connectivity index (χ0) is 10.9. The molecule has 0 radical (unpaired) electrons. The number of hydrogen-bond donors (Lipinski definition) is 0. The van der Waals surface area contributed by atoms with Gasteiger partial charge in [-0.2, -0.15) is 0 Å². The summed E-state index contributed by atoms with van der Waals surface area (Å²) < 4.78 is 3.75. The van der Waals surface area contributed by atoms with E-state index in [1.54, 1.807) is 18.3 Å². The number of rotatable bonds is 1. The predicted molar refractivity (Wildman–Crippen MR) is 61.2 cm³/mol. The summed E-state index contributed by atoms with van der Waals surface area (Å²) in [6, 6.07) is 7.12. The van der Waals surface area contributed by atoms with Crippen molar-refractivity contribution in [2.75, 3.05) is 0 Å². The summed E-state index contributed by atoms with van der Waals surface area (Å²) in [6.07, 6.45) is 3.00. The highest BCUT2D eigenvalue weighted by molar-refractivity contribution is 6.66. The Labute approximate surface area is 102 Å². The van der Waals surface area contributed by atoms with E-state index in [0.717, 1.165) is 5.56 Å². The van der Waals surface area contributed by atoms with E-state index in [4.69, 9.17) is 39.2 Å². The van der Waals surface area contributed by atoms with Crippen molar-refractivity contribution in [3.05, 3.63) is 42.4 Å². The lowest BCUT2D eigenvalue weighted by atomic mass is 10.1. The molecule has 78 valence electrons. The van der Waals surface area contributed by atoms with Crippen LogP contribution in [0.5, 0.6) is 0 Å². The first-order chi connectivity index (χ1) is 7.07. The molecule has 1 aromatic carbocycles. The van der Waals surface area contributed by atoms with Crippen molar-refractivity contribution in [1.82, 2.24) is 4.98 Å². The molecule has 0 spiro atoms. The fourth-order valence-electron chi connectivity index (χ4n) is 1.18. The summed E-state index contributed by atoms with van der Waals surface area (Å²) in [7, 11) is 0. The third kappa shape index (κ3) is 2.46. The first-order valence-electron chi connectivity index (χ1n) is 4.13. The van der Waals surface area contributed by atoms with Gasteiger partial charge in [0.1, 0.15) is 0 Å². The zero-order valence-corrected chi connectivity index (χ0v) is 9.72. The lowest BCUT2D eigenvalue weighted by Gasteiger charge is -2.10. The van der Waals surface area contributed by atoms with Crippen molar-refractivity contribution in [3.8, 4) is 11.3 Å². The van der Waals surface area contributed by atoms with Gasteiger partial charge in [0, 0.05) is 11.1 Å². The monoisotopic (exact) mass is 261 g/mol. The highest BCUT2D eigenvalue weighted by Gasteiger charge is 2.22. The fraction of sp³-hybridized carbons (Fsp3) is 0.100. The maximum absolute atomic E-state index is 5.73. The van der Waals surface area contributed by atoms with E-state index in [1.165, 1.54) is 6.39 Å². The molecule has 0 aliphatic heterocycles. The molecular formula is C10H6Cl3NO. The Bertz CT molecular complexity index is 431. The number of nitrogens with zero attached hydrogens (tertiary/aromatic N) is 1. The van der Waals surface area contributed by atoms with E-state index in [9.17, 15) is 0 Å². The number of benzene rings is 1. The molecule has 0 unspecified atom stereocenters. The van der Waals surface area contributed by atoms with Gasteiger partial charge in [-0.1, -0.05) is 59.1 Å². The average Bonchev–Trinajstić information content (AvgIpc) is 2.69. The van der Waals surface area contributed by atoms with Crippen LogP contribution in [-0.4, -0.2) is 4.98 Å². The van der Waals surface area contributed by atoms with Gasteiger partial charge in [-0.25, -0.2) is 4.98 Å². The minimum Gasteiger partial charge on any atom is -0.444 e. The molecule has 2 rings (SSSR count). The van der Waals surface area contributed by atoms with E-state index in [0.29, 0.717) is 11.3 Å². The van der Waals surface area contributed by atoms with Crippen molar-refractivity contribution in [2.24, 2.45) is 0 Å². The smallest absolute Gasteiger partial charge is 0.216 e. The molecule has 0 atom stereocenters. The second kappa shape index (κ2) is 4.05. The third-order valence-electron chi connectivity index (χ3n) is 1.93. The molecule has 1 heterocycles. The highest BCUT2D eigenvalue weighted by Crippen LogP contribution is 2.38. The Balaban J connectivity index is 2.33. The molecule has 0 saturated carbocycles. The summed E-state index contributed by atoms with van der Waals surface area (Å²) in [5, 5.41) is 0. The quantitative estimate of drug-likeness (QED) is 0.721. The van der Waals surface area contributed by atoms with Crippen LogP contribution >= 0.6 is 34.8 Å². The predicted octanol–water partition coefficient (Wildman–Crippen LogP) is 4.17. The van der Waals surface area contributed by atoms with Crippen LogP contribution in [0.4, 0.5) is 0 Å². The normalized spacial score (nSPS) is 11.7. The highest BCUT2D eigenvalue weighted by atomic mass is 35.6. The average molecular weight is 263 g/mol. The second-order valence-corrected chi connectivity index (χ2v) is 5.22. The van der Waals surface area contributed by atoms with Crippen LogP contribution in [0.15, 0.2) is 41.3 Å². The van der Waals surface area contributed by atoms with Gasteiger partial charge in [-0.15, -0.1) is 0 Å². The zero-order valence-electron chi connectivity index (χ0n) is 7.45. The summed E-state index contributed by atoms with van der Waals surface area (Å²) >= 11 is 17.2. The molecule has 0 aliphatic rings. The summed E-state index contributed by atoms with van der Waals surface area (Å²) in [5.41, 5.74) is 1.52. The Hall–Kier alpha value is -0.700. The van der Waals surface area contributed by atoms with Crippen LogP contribution in [-0.2, 0) is 3.79 Å². The lowest BCUT2D eigenvalue weighted by molar-refractivity contribution is 0.572. The summed E-state index contributed by atoms with van der Waals surface area (Å²) in [5.74, 6) is 0.686. The van der Waals surface area contributed by atoms with Crippen LogP contribution in [0.1, 0.15) is 5.56 Å². The van der Waals surface area contributed by atoms with E-state index in [-0.39, 0.29) is 0 Å². The molecule has 0 N–H and O–H groups in total. The van der Waals surface area contributed by atoms with Crippen LogP contribution < -0.4 is 0 Å². The summed E-state index contributed by atoms with van der Waals surface area (Å²) in [6.45, 7) is 0. The number of alkyl halides is 3. The first-order valence-corrected chi connectivity index (χ1v) is 5.27. The number of aromatic nitrogens is 1. The molecule has 0 fully saturated rings. The Morgan fingerprint density at radius 3 is 2.20 bits per heavy atom. The van der Waals surface area contributed by atoms with Crippen molar-refractivity contribution in [1.29, 1.82) is 0 Å². The van der Waals surface area contributed by atoms with Crippen molar-refractivity contribution in [3.63, 3.8) is 0 Å². The van der Waals surface area contributed by atoms with Gasteiger partial charge < -0.3 is 4.42 Å². The topological polar surface area (TPSA) is 26.0 Å². The molecule has 2 nitrogen and oxygen atoms in total. The van der Waals surface area contributed by atoms with Gasteiger partial charge in [0.05, 0.1) is 6.20 Å². The number of halogens is 3. The first kappa shape index (κ1) is 10.8. The molecule has 0 saturated heterocycles. The minimum atomic E-state index is -1.39. The second-order valence-electron chi connectivity index (χ2n) is 2.94. The standard InChI is InChI=1S/C10H6Cl3NO/c11-10(12,13)8-3-1-7(2-4-8)9-5-14-6-15-9/h1-6H. The fourth-order valence-corrected chi connectivity index (χ4v) is 1.56. The molecule has 0 aliphatic carbocycles. The van der Waals surface area contributed by atoms with E-state index in [1.807, 2.05) is 12.1 Å². The molecular weight excluding hydrogens is 256 g/mol. The maximum Gasteiger partial charge on any atom is 0.216 e. The molecule has 5 heteroatoms. The van der Waals surface area contributed by atoms with Crippen LogP contribution in [0, 0.1) is 0 Å². The van der Waals surface area contributed by atoms with Crippen LogP contribution in [0.3, 0.4) is 0 Å². The molecule has 2 aromatic rings. The minimum absolute atomic E-state index is 0.621. The molecule has 1 aromatic heterocycles. The van der Waals surface area contributed by atoms with E-state index >= 15 is 0 Å². The summed E-state index contributed by atoms with van der Waals surface area (Å²) in [4.78, 5) is 3.82. The largest absolute Gasteiger partial charge is 0.444 e. The Kier molecular flexibility index (Phi) is 2.91. The van der Waals surface area contributed by atoms with Gasteiger partial charge >= 0.3 is 0 Å². The Morgan fingerprint density at radius 2 is 1.73 bits per heavy atom. The van der Waals surface area contributed by atoms with Crippen molar-refractivity contribution >= 4 is 34.8 Å². The van der Waals surface area contributed by atoms with Gasteiger partial charge in [0.25, 0.3) is 0 Å². The molecule has 15 heavy (non-hydrogen) atoms. The Morgan fingerprint density at radius 1 is 1.07 bits per heavy atom. The SMILES string of the molecule is ClC(Cl)(Cl)c1ccc(-c2cnco2)cc1. The number of hydrogen-bond acceptors (Lipinski definition) is 2. The third-order valence-corrected chi connectivity index (χ3v) is 2.58. The lowest BCUT2D eigenvalue weighted by Crippen LogP contribution is -1.98.